The van der Waals surface area contributed by atoms with Crippen molar-refractivity contribution in [2.24, 2.45) is 5.73 Å². The van der Waals surface area contributed by atoms with E-state index >= 15 is 0 Å². The normalized spacial score (nSPS) is 30.3. The van der Waals surface area contributed by atoms with E-state index in [0.29, 0.717) is 23.7 Å². The van der Waals surface area contributed by atoms with Crippen molar-refractivity contribution < 1.29 is 0 Å². The van der Waals surface area contributed by atoms with Crippen LogP contribution in [0.5, 0.6) is 0 Å². The minimum atomic E-state index is 0.362. The van der Waals surface area contributed by atoms with E-state index in [1.165, 1.54) is 18.5 Å². The molecule has 0 saturated carbocycles. The van der Waals surface area contributed by atoms with E-state index in [1.54, 1.807) is 0 Å². The van der Waals surface area contributed by atoms with Gasteiger partial charge in [-0.15, -0.1) is 0 Å². The van der Waals surface area contributed by atoms with Gasteiger partial charge in [0.15, 0.2) is 0 Å². The predicted molar refractivity (Wildman–Crippen MR) is 75.4 cm³/mol. The molecule has 2 unspecified atom stereocenters. The summed E-state index contributed by atoms with van der Waals surface area (Å²) in [7, 11) is 0. The molecule has 2 fully saturated rings. The average Bonchev–Trinajstić information content (AvgIpc) is 2.61. The third kappa shape index (κ3) is 1.92. The second-order valence-electron chi connectivity index (χ2n) is 5.30. The van der Waals surface area contributed by atoms with E-state index in [9.17, 15) is 0 Å². The SMILES string of the molecule is N#Cc1ccc(N2C3CCC2CC(N)C3)cc1Br. The molecule has 2 aliphatic heterocycles. The molecule has 2 saturated heterocycles. The topological polar surface area (TPSA) is 53.0 Å². The first kappa shape index (κ1) is 12.0. The van der Waals surface area contributed by atoms with Crippen molar-refractivity contribution in [3.05, 3.63) is 28.2 Å². The molecule has 2 bridgehead atoms. The van der Waals surface area contributed by atoms with Crippen molar-refractivity contribution >= 4 is 21.6 Å². The number of hydrogen-bond donors (Lipinski definition) is 1. The Bertz CT molecular complexity index is 494. The molecule has 0 aliphatic carbocycles. The second kappa shape index (κ2) is 4.56. The number of nitrogens with two attached hydrogens (primary N) is 1. The van der Waals surface area contributed by atoms with Crippen molar-refractivity contribution in [2.45, 2.75) is 43.8 Å². The summed E-state index contributed by atoms with van der Waals surface area (Å²) < 4.78 is 0.886. The van der Waals surface area contributed by atoms with Crippen LogP contribution < -0.4 is 10.6 Å². The van der Waals surface area contributed by atoms with Crippen molar-refractivity contribution in [1.82, 2.24) is 0 Å². The van der Waals surface area contributed by atoms with Crippen molar-refractivity contribution in [1.29, 1.82) is 5.26 Å². The van der Waals surface area contributed by atoms with E-state index in [4.69, 9.17) is 11.0 Å². The Balaban J connectivity index is 1.92. The summed E-state index contributed by atoms with van der Waals surface area (Å²) in [5.41, 5.74) is 8.01. The molecule has 0 spiro atoms. The fraction of sp³-hybridized carbons (Fsp3) is 0.500. The maximum Gasteiger partial charge on any atom is 0.100 e. The van der Waals surface area contributed by atoms with Gasteiger partial charge in [0.05, 0.1) is 5.56 Å². The maximum atomic E-state index is 8.96. The van der Waals surface area contributed by atoms with Gasteiger partial charge in [-0.05, 0) is 59.8 Å². The van der Waals surface area contributed by atoms with Gasteiger partial charge in [-0.2, -0.15) is 5.26 Å². The predicted octanol–water partition coefficient (Wildman–Crippen LogP) is 2.78. The van der Waals surface area contributed by atoms with Gasteiger partial charge in [0, 0.05) is 28.3 Å². The number of nitrogens with zero attached hydrogens (tertiary/aromatic N) is 2. The molecule has 2 atom stereocenters. The summed E-state index contributed by atoms with van der Waals surface area (Å²) >= 11 is 3.47. The van der Waals surface area contributed by atoms with Crippen LogP contribution in [0.25, 0.3) is 0 Å². The number of benzene rings is 1. The van der Waals surface area contributed by atoms with Gasteiger partial charge in [-0.3, -0.25) is 0 Å². The van der Waals surface area contributed by atoms with E-state index in [1.807, 2.05) is 6.07 Å². The molecule has 3 rings (SSSR count). The molecule has 2 N–H and O–H groups in total. The van der Waals surface area contributed by atoms with Crippen LogP contribution in [-0.4, -0.2) is 18.1 Å². The molecule has 0 radical (unpaired) electrons. The third-order valence-corrected chi connectivity index (χ3v) is 4.80. The zero-order valence-electron chi connectivity index (χ0n) is 10.1. The highest BCUT2D eigenvalue weighted by Crippen LogP contribution is 2.39. The Morgan fingerprint density at radius 1 is 1.28 bits per heavy atom. The molecule has 1 aromatic rings. The molecule has 94 valence electrons. The van der Waals surface area contributed by atoms with Crippen molar-refractivity contribution in [3.8, 4) is 6.07 Å². The molecular formula is C14H16BrN3. The number of hydrogen-bond acceptors (Lipinski definition) is 3. The van der Waals surface area contributed by atoms with Crippen LogP contribution in [0.15, 0.2) is 22.7 Å². The van der Waals surface area contributed by atoms with Crippen LogP contribution in [-0.2, 0) is 0 Å². The van der Waals surface area contributed by atoms with Crippen LogP contribution in [0.2, 0.25) is 0 Å². The monoisotopic (exact) mass is 305 g/mol. The van der Waals surface area contributed by atoms with E-state index in [0.717, 1.165) is 17.3 Å². The Hall–Kier alpha value is -1.05. The summed E-state index contributed by atoms with van der Waals surface area (Å²) in [5, 5.41) is 8.96. The van der Waals surface area contributed by atoms with Crippen LogP contribution in [0, 0.1) is 11.3 Å². The Labute approximate surface area is 116 Å². The molecular weight excluding hydrogens is 290 g/mol. The lowest BCUT2D eigenvalue weighted by Gasteiger charge is -2.39. The first-order valence-electron chi connectivity index (χ1n) is 6.42. The zero-order valence-corrected chi connectivity index (χ0v) is 11.7. The molecule has 2 aliphatic rings. The Kier molecular flexibility index (Phi) is 3.04. The van der Waals surface area contributed by atoms with Gasteiger partial charge in [-0.25, -0.2) is 0 Å². The lowest BCUT2D eigenvalue weighted by molar-refractivity contribution is 0.414. The highest BCUT2D eigenvalue weighted by atomic mass is 79.9. The van der Waals surface area contributed by atoms with Crippen LogP contribution in [0.3, 0.4) is 0 Å². The van der Waals surface area contributed by atoms with Gasteiger partial charge in [-0.1, -0.05) is 0 Å². The minimum absolute atomic E-state index is 0.362. The number of halogens is 1. The quantitative estimate of drug-likeness (QED) is 0.868. The minimum Gasteiger partial charge on any atom is -0.365 e. The van der Waals surface area contributed by atoms with Crippen LogP contribution in [0.1, 0.15) is 31.2 Å². The van der Waals surface area contributed by atoms with E-state index < -0.39 is 0 Å². The number of nitriles is 1. The fourth-order valence-corrected chi connectivity index (χ4v) is 3.85. The lowest BCUT2D eigenvalue weighted by atomic mass is 9.97. The standard InChI is InChI=1S/C14H16BrN3/c15-14-7-13(2-1-9(14)8-16)18-11-3-4-12(18)6-10(17)5-11/h1-2,7,10-12H,3-6,17H2. The van der Waals surface area contributed by atoms with Gasteiger partial charge >= 0.3 is 0 Å². The lowest BCUT2D eigenvalue weighted by Crippen LogP contribution is -2.47. The molecule has 2 heterocycles. The Morgan fingerprint density at radius 2 is 1.94 bits per heavy atom. The highest BCUT2D eigenvalue weighted by molar-refractivity contribution is 9.10. The van der Waals surface area contributed by atoms with Gasteiger partial charge in [0.2, 0.25) is 0 Å². The molecule has 18 heavy (non-hydrogen) atoms. The van der Waals surface area contributed by atoms with Gasteiger partial charge in [0.1, 0.15) is 6.07 Å². The average molecular weight is 306 g/mol. The molecule has 4 heteroatoms. The first-order chi connectivity index (χ1) is 8.69. The highest BCUT2D eigenvalue weighted by Gasteiger charge is 2.39. The first-order valence-corrected chi connectivity index (χ1v) is 7.22. The van der Waals surface area contributed by atoms with Crippen LogP contribution >= 0.6 is 15.9 Å². The van der Waals surface area contributed by atoms with E-state index in [-0.39, 0.29) is 0 Å². The van der Waals surface area contributed by atoms with Gasteiger partial charge in [0.25, 0.3) is 0 Å². The number of anilines is 1. The third-order valence-electron chi connectivity index (χ3n) is 4.14. The summed E-state index contributed by atoms with van der Waals surface area (Å²) in [6.45, 7) is 0. The fourth-order valence-electron chi connectivity index (χ4n) is 3.40. The molecule has 0 amide bonds. The largest absolute Gasteiger partial charge is 0.365 e. The van der Waals surface area contributed by atoms with E-state index in [2.05, 4.69) is 39.0 Å². The molecule has 0 aromatic heterocycles. The number of piperidine rings is 1. The maximum absolute atomic E-state index is 8.96. The molecule has 3 nitrogen and oxygen atoms in total. The Morgan fingerprint density at radius 3 is 2.50 bits per heavy atom. The van der Waals surface area contributed by atoms with Gasteiger partial charge < -0.3 is 10.6 Å². The molecule has 1 aromatic carbocycles. The summed E-state index contributed by atoms with van der Waals surface area (Å²) in [6.07, 6.45) is 4.67. The number of rotatable bonds is 1. The van der Waals surface area contributed by atoms with Crippen molar-refractivity contribution in [3.63, 3.8) is 0 Å². The smallest absolute Gasteiger partial charge is 0.100 e. The van der Waals surface area contributed by atoms with Crippen molar-refractivity contribution in [2.75, 3.05) is 4.90 Å². The van der Waals surface area contributed by atoms with Crippen LogP contribution in [0.4, 0.5) is 5.69 Å². The summed E-state index contributed by atoms with van der Waals surface area (Å²) in [6, 6.07) is 9.74. The second-order valence-corrected chi connectivity index (χ2v) is 6.15. The summed E-state index contributed by atoms with van der Waals surface area (Å²) in [5.74, 6) is 0. The summed E-state index contributed by atoms with van der Waals surface area (Å²) in [4.78, 5) is 2.51. The zero-order chi connectivity index (χ0) is 12.7. The number of fused-ring (bicyclic) bond motifs is 2.